The molecule has 0 aliphatic heterocycles. The van der Waals surface area contributed by atoms with E-state index < -0.39 is 24.1 Å². The highest BCUT2D eigenvalue weighted by atomic mass is 35.5. The van der Waals surface area contributed by atoms with Crippen LogP contribution >= 0.6 is 11.6 Å². The summed E-state index contributed by atoms with van der Waals surface area (Å²) >= 11 is 6.42. The van der Waals surface area contributed by atoms with Crippen LogP contribution in [-0.4, -0.2) is 36.4 Å². The Kier molecular flexibility index (Phi) is 10.0. The summed E-state index contributed by atoms with van der Waals surface area (Å²) in [5, 5.41) is 3.44. The first-order chi connectivity index (χ1) is 17.7. The summed E-state index contributed by atoms with van der Waals surface area (Å²) in [6.07, 6.45) is 0.444. The Morgan fingerprint density at radius 1 is 0.703 bits per heavy atom. The van der Waals surface area contributed by atoms with Crippen molar-refractivity contribution in [3.05, 3.63) is 47.5 Å². The van der Waals surface area contributed by atoms with E-state index in [4.69, 9.17) is 30.5 Å². The average Bonchev–Trinajstić information content (AvgIpc) is 2.83. The normalized spacial score (nSPS) is 13.1. The fourth-order valence-corrected chi connectivity index (χ4v) is 4.37. The van der Waals surface area contributed by atoms with Gasteiger partial charge in [0.1, 0.15) is 11.5 Å². The summed E-state index contributed by atoms with van der Waals surface area (Å²) in [5.41, 5.74) is 0. The number of benzene rings is 3. The van der Waals surface area contributed by atoms with Crippen molar-refractivity contribution in [1.82, 2.24) is 0 Å². The summed E-state index contributed by atoms with van der Waals surface area (Å²) in [6, 6.07) is 13.0. The molecule has 6 nitrogen and oxygen atoms in total. The monoisotopic (exact) mass is 528 g/mol. The largest absolute Gasteiger partial charge is 0.477 e. The topological polar surface area (TPSA) is 71.1 Å². The molecule has 0 aliphatic rings. The molecule has 0 amide bonds. The van der Waals surface area contributed by atoms with E-state index in [1.54, 1.807) is 12.1 Å². The Morgan fingerprint density at radius 2 is 1.14 bits per heavy atom. The molecule has 3 aromatic rings. The molecule has 37 heavy (non-hydrogen) atoms. The van der Waals surface area contributed by atoms with Crippen LogP contribution in [-0.2, 0) is 19.1 Å². The van der Waals surface area contributed by atoms with Crippen LogP contribution in [0.3, 0.4) is 0 Å². The van der Waals surface area contributed by atoms with Crippen LogP contribution in [0.1, 0.15) is 67.2 Å². The molecule has 0 radical (unpaired) electrons. The summed E-state index contributed by atoms with van der Waals surface area (Å²) < 4.78 is 23.8. The van der Waals surface area contributed by atoms with E-state index in [2.05, 4.69) is 0 Å². The molecular formula is C30H37ClO6. The second-order valence-corrected chi connectivity index (χ2v) is 10.1. The molecule has 0 aromatic heterocycles. The average molecular weight is 529 g/mol. The predicted molar refractivity (Wildman–Crippen MR) is 148 cm³/mol. The third kappa shape index (κ3) is 7.07. The molecule has 2 atom stereocenters. The van der Waals surface area contributed by atoms with Gasteiger partial charge in [0.05, 0.1) is 12.2 Å². The number of carbonyl (C=O) groups is 2. The van der Waals surface area contributed by atoms with Crippen molar-refractivity contribution >= 4 is 45.1 Å². The summed E-state index contributed by atoms with van der Waals surface area (Å²) in [4.78, 5) is 25.8. The molecule has 2 unspecified atom stereocenters. The van der Waals surface area contributed by atoms with Crippen molar-refractivity contribution in [1.29, 1.82) is 0 Å². The molecule has 0 saturated heterocycles. The zero-order valence-electron chi connectivity index (χ0n) is 22.5. The molecule has 0 bridgehead atoms. The first-order valence-electron chi connectivity index (χ1n) is 13.0. The van der Waals surface area contributed by atoms with E-state index in [9.17, 15) is 9.59 Å². The zero-order chi connectivity index (χ0) is 27.1. The molecule has 3 aromatic carbocycles. The second-order valence-electron chi connectivity index (χ2n) is 9.66. The molecule has 0 fully saturated rings. The fourth-order valence-electron chi connectivity index (χ4n) is 4.20. The minimum Gasteiger partial charge on any atom is -0.477 e. The minimum absolute atomic E-state index is 0.250. The minimum atomic E-state index is -0.779. The van der Waals surface area contributed by atoms with Crippen molar-refractivity contribution in [2.24, 2.45) is 0 Å². The Morgan fingerprint density at radius 3 is 1.57 bits per heavy atom. The first kappa shape index (κ1) is 28.6. The van der Waals surface area contributed by atoms with E-state index in [0.29, 0.717) is 34.7 Å². The van der Waals surface area contributed by atoms with Crippen LogP contribution in [0.15, 0.2) is 42.5 Å². The van der Waals surface area contributed by atoms with Gasteiger partial charge in [0.15, 0.2) is 12.2 Å². The van der Waals surface area contributed by atoms with Gasteiger partial charge in [0.25, 0.3) is 0 Å². The lowest BCUT2D eigenvalue weighted by Crippen LogP contribution is -2.32. The van der Waals surface area contributed by atoms with E-state index in [1.807, 2.05) is 71.9 Å². The predicted octanol–water partition coefficient (Wildman–Crippen LogP) is 7.64. The first-order valence-corrected chi connectivity index (χ1v) is 13.4. The second kappa shape index (κ2) is 13.0. The number of rotatable bonds is 12. The van der Waals surface area contributed by atoms with Crippen molar-refractivity contribution in [3.63, 3.8) is 0 Å². The number of carbonyl (C=O) groups excluding carboxylic acids is 2. The molecule has 0 aliphatic carbocycles. The van der Waals surface area contributed by atoms with Gasteiger partial charge in [-0.1, -0.05) is 62.6 Å². The van der Waals surface area contributed by atoms with E-state index >= 15 is 0 Å². The van der Waals surface area contributed by atoms with E-state index in [0.717, 1.165) is 29.0 Å². The van der Waals surface area contributed by atoms with Gasteiger partial charge in [0, 0.05) is 26.6 Å². The maximum Gasteiger partial charge on any atom is 0.347 e. The quantitative estimate of drug-likeness (QED) is 0.177. The van der Waals surface area contributed by atoms with E-state index in [1.165, 1.54) is 0 Å². The fraction of sp³-hybridized carbons (Fsp3) is 0.467. The van der Waals surface area contributed by atoms with Gasteiger partial charge in [0.2, 0.25) is 0 Å². The van der Waals surface area contributed by atoms with Crippen LogP contribution in [0.4, 0.5) is 0 Å². The van der Waals surface area contributed by atoms with Crippen LogP contribution in [0, 0.1) is 0 Å². The number of hydrogen-bond donors (Lipinski definition) is 0. The van der Waals surface area contributed by atoms with Crippen LogP contribution < -0.4 is 9.47 Å². The van der Waals surface area contributed by atoms with E-state index in [-0.39, 0.29) is 12.2 Å². The Hall–Kier alpha value is -2.99. The highest BCUT2D eigenvalue weighted by Crippen LogP contribution is 2.44. The van der Waals surface area contributed by atoms with Crippen molar-refractivity contribution in [3.8, 4) is 11.5 Å². The van der Waals surface area contributed by atoms with Gasteiger partial charge in [-0.3, -0.25) is 0 Å². The van der Waals surface area contributed by atoms with Crippen molar-refractivity contribution in [2.45, 2.75) is 91.6 Å². The molecule has 0 N–H and O–H groups in total. The van der Waals surface area contributed by atoms with Gasteiger partial charge in [-0.2, -0.15) is 0 Å². The maximum atomic E-state index is 12.9. The summed E-state index contributed by atoms with van der Waals surface area (Å²) in [6.45, 7) is 11.3. The lowest BCUT2D eigenvalue weighted by atomic mass is 10.00. The van der Waals surface area contributed by atoms with Crippen molar-refractivity contribution < 1.29 is 28.5 Å². The lowest BCUT2D eigenvalue weighted by molar-refractivity contribution is -0.157. The number of halogens is 1. The molecule has 0 spiro atoms. The third-order valence-corrected chi connectivity index (χ3v) is 5.97. The molecule has 200 valence electrons. The highest BCUT2D eigenvalue weighted by Gasteiger charge is 2.28. The smallest absolute Gasteiger partial charge is 0.347 e. The van der Waals surface area contributed by atoms with Gasteiger partial charge in [-0.15, -0.1) is 0 Å². The Labute approximate surface area is 224 Å². The van der Waals surface area contributed by atoms with Gasteiger partial charge < -0.3 is 18.9 Å². The Bertz CT molecular complexity index is 1240. The molecule has 0 saturated carbocycles. The zero-order valence-corrected chi connectivity index (χ0v) is 23.3. The molecular weight excluding hydrogens is 492 g/mol. The lowest BCUT2D eigenvalue weighted by Gasteiger charge is -2.24. The highest BCUT2D eigenvalue weighted by molar-refractivity contribution is 6.31. The molecule has 3 rings (SSSR count). The maximum absolute atomic E-state index is 12.9. The number of esters is 2. The van der Waals surface area contributed by atoms with Gasteiger partial charge in [-0.05, 0) is 58.7 Å². The van der Waals surface area contributed by atoms with Gasteiger partial charge >= 0.3 is 11.9 Å². The number of ether oxygens (including phenoxy) is 4. The van der Waals surface area contributed by atoms with Gasteiger partial charge in [-0.25, -0.2) is 9.59 Å². The standard InChI is InChI=1S/C30H37ClO6/c1-7-11-25(29(32)34-18(3)4)36-27-21-13-9-10-14-22(21)28(24-17-20(31)15-16-23(24)27)37-26(12-8-2)30(33)35-19(5)6/h9-10,13-19,25-26H,7-8,11-12H2,1-6H3. The third-order valence-electron chi connectivity index (χ3n) is 5.74. The number of hydrogen-bond acceptors (Lipinski definition) is 6. The van der Waals surface area contributed by atoms with Crippen LogP contribution in [0.5, 0.6) is 11.5 Å². The summed E-state index contributed by atoms with van der Waals surface area (Å²) in [7, 11) is 0. The SMILES string of the molecule is CCCC(Oc1c2ccccc2c(OC(CCC)C(=O)OC(C)C)c2cc(Cl)ccc12)C(=O)OC(C)C. The Balaban J connectivity index is 2.20. The van der Waals surface area contributed by atoms with Crippen LogP contribution in [0.2, 0.25) is 5.02 Å². The number of fused-ring (bicyclic) bond motifs is 2. The summed E-state index contributed by atoms with van der Waals surface area (Å²) in [5.74, 6) is 0.265. The van der Waals surface area contributed by atoms with Crippen LogP contribution in [0.25, 0.3) is 21.5 Å². The van der Waals surface area contributed by atoms with Crippen molar-refractivity contribution in [2.75, 3.05) is 0 Å². The molecule has 7 heteroatoms. The molecule has 0 heterocycles.